The lowest BCUT2D eigenvalue weighted by molar-refractivity contribution is -0.120. The van der Waals surface area contributed by atoms with Gasteiger partial charge < -0.3 is 21.1 Å². The first-order valence-electron chi connectivity index (χ1n) is 8.49. The monoisotopic (exact) mass is 376 g/mol. The quantitative estimate of drug-likeness (QED) is 0.530. The highest BCUT2D eigenvalue weighted by molar-refractivity contribution is 7.17. The topological polar surface area (TPSA) is 103 Å². The lowest BCUT2D eigenvalue weighted by atomic mass is 10.1. The normalized spacial score (nSPS) is 10.4. The molecule has 26 heavy (non-hydrogen) atoms. The van der Waals surface area contributed by atoms with Gasteiger partial charge in [-0.1, -0.05) is 24.3 Å². The molecule has 0 aliphatic rings. The van der Waals surface area contributed by atoms with Gasteiger partial charge in [-0.3, -0.25) is 9.59 Å². The molecule has 2 aromatic rings. The van der Waals surface area contributed by atoms with Crippen LogP contribution in [0.25, 0.3) is 0 Å². The maximum absolute atomic E-state index is 12.4. The fourth-order valence-corrected chi connectivity index (χ4v) is 3.04. The third-order valence-corrected chi connectivity index (χ3v) is 4.84. The van der Waals surface area contributed by atoms with Crippen molar-refractivity contribution in [2.45, 2.75) is 33.6 Å². The van der Waals surface area contributed by atoms with Crippen molar-refractivity contribution in [3.05, 3.63) is 34.3 Å². The van der Waals surface area contributed by atoms with Crippen LogP contribution in [-0.2, 0) is 4.79 Å². The minimum Gasteiger partial charge on any atom is -0.508 e. The zero-order chi connectivity index (χ0) is 19.1. The van der Waals surface area contributed by atoms with Crippen LogP contribution in [0.15, 0.2) is 18.3 Å². The summed E-state index contributed by atoms with van der Waals surface area (Å²) >= 11 is 1.26. The second-order valence-corrected chi connectivity index (χ2v) is 6.90. The smallest absolute Gasteiger partial charge is 0.267 e. The first-order valence-corrected chi connectivity index (χ1v) is 9.31. The molecule has 1 aromatic carbocycles. The first kappa shape index (κ1) is 19.7. The van der Waals surface area contributed by atoms with Crippen LogP contribution in [0, 0.1) is 13.8 Å². The molecule has 2 amide bonds. The molecule has 0 unspecified atom stereocenters. The number of nitrogens with one attached hydrogen (secondary N) is 3. The van der Waals surface area contributed by atoms with Crippen molar-refractivity contribution in [1.82, 2.24) is 10.3 Å². The van der Waals surface area contributed by atoms with Crippen LogP contribution in [0.5, 0.6) is 5.75 Å². The number of aromatic hydroxyl groups is 1. The van der Waals surface area contributed by atoms with Gasteiger partial charge in [0.2, 0.25) is 5.91 Å². The summed E-state index contributed by atoms with van der Waals surface area (Å²) < 4.78 is 0. The fourth-order valence-electron chi connectivity index (χ4n) is 2.30. The van der Waals surface area contributed by atoms with Crippen LogP contribution in [0.4, 0.5) is 10.8 Å². The molecular formula is C18H24N4O3S. The van der Waals surface area contributed by atoms with Gasteiger partial charge >= 0.3 is 0 Å². The highest BCUT2D eigenvalue weighted by Crippen LogP contribution is 2.29. The summed E-state index contributed by atoms with van der Waals surface area (Å²) in [6, 6.07) is 3.37. The summed E-state index contributed by atoms with van der Waals surface area (Å²) in [7, 11) is 0. The van der Waals surface area contributed by atoms with Gasteiger partial charge in [-0.05, 0) is 31.9 Å². The van der Waals surface area contributed by atoms with E-state index in [4.69, 9.17) is 0 Å². The van der Waals surface area contributed by atoms with Crippen molar-refractivity contribution in [2.75, 3.05) is 23.7 Å². The average molecular weight is 376 g/mol. The molecule has 0 aliphatic heterocycles. The van der Waals surface area contributed by atoms with Gasteiger partial charge in [0.15, 0.2) is 5.13 Å². The number of hydrogen-bond acceptors (Lipinski definition) is 6. The Morgan fingerprint density at radius 1 is 1.23 bits per heavy atom. The molecule has 140 valence electrons. The Kier molecular flexibility index (Phi) is 6.97. The number of thiazole rings is 1. The van der Waals surface area contributed by atoms with E-state index in [-0.39, 0.29) is 17.6 Å². The molecule has 0 atom stereocenters. The third kappa shape index (κ3) is 5.19. The van der Waals surface area contributed by atoms with E-state index in [2.05, 4.69) is 20.9 Å². The molecule has 1 aromatic heterocycles. The van der Waals surface area contributed by atoms with Gasteiger partial charge in [-0.2, -0.15) is 0 Å². The number of aryl methyl sites for hydroxylation is 1. The van der Waals surface area contributed by atoms with Gasteiger partial charge in [0.25, 0.3) is 5.91 Å². The van der Waals surface area contributed by atoms with Gasteiger partial charge in [-0.15, -0.1) is 0 Å². The number of phenolic OH excluding ortho intramolecular Hbond substituents is 1. The summed E-state index contributed by atoms with van der Waals surface area (Å²) in [5.41, 5.74) is 2.13. The van der Waals surface area contributed by atoms with Crippen LogP contribution >= 0.6 is 11.3 Å². The van der Waals surface area contributed by atoms with Crippen LogP contribution in [0.2, 0.25) is 0 Å². The van der Waals surface area contributed by atoms with E-state index in [1.807, 2.05) is 13.8 Å². The van der Waals surface area contributed by atoms with Gasteiger partial charge in [-0.25, -0.2) is 4.98 Å². The van der Waals surface area contributed by atoms with Crippen LogP contribution < -0.4 is 16.0 Å². The Morgan fingerprint density at radius 3 is 2.73 bits per heavy atom. The molecule has 0 aliphatic carbocycles. The summed E-state index contributed by atoms with van der Waals surface area (Å²) in [5, 5.41) is 19.2. The number of amides is 2. The van der Waals surface area contributed by atoms with Gasteiger partial charge in [0.05, 0.1) is 11.9 Å². The number of aromatic nitrogens is 1. The zero-order valence-corrected chi connectivity index (χ0v) is 16.0. The van der Waals surface area contributed by atoms with E-state index in [1.165, 1.54) is 17.5 Å². The average Bonchev–Trinajstić information content (AvgIpc) is 3.10. The lowest BCUT2D eigenvalue weighted by Crippen LogP contribution is -2.24. The third-order valence-electron chi connectivity index (χ3n) is 3.89. The number of nitrogens with zero attached hydrogens (tertiary/aromatic N) is 1. The van der Waals surface area contributed by atoms with E-state index >= 15 is 0 Å². The van der Waals surface area contributed by atoms with Crippen molar-refractivity contribution < 1.29 is 14.7 Å². The molecule has 0 saturated heterocycles. The van der Waals surface area contributed by atoms with Crippen LogP contribution in [0.1, 0.15) is 40.6 Å². The number of rotatable bonds is 8. The predicted molar refractivity (Wildman–Crippen MR) is 104 cm³/mol. The van der Waals surface area contributed by atoms with E-state index in [1.54, 1.807) is 19.1 Å². The van der Waals surface area contributed by atoms with E-state index < -0.39 is 0 Å². The molecule has 0 bridgehead atoms. The minimum atomic E-state index is -0.262. The highest BCUT2D eigenvalue weighted by Gasteiger charge is 2.14. The lowest BCUT2D eigenvalue weighted by Gasteiger charge is -2.11. The van der Waals surface area contributed by atoms with Gasteiger partial charge in [0.1, 0.15) is 10.6 Å². The van der Waals surface area contributed by atoms with Crippen LogP contribution in [-0.4, -0.2) is 35.0 Å². The van der Waals surface area contributed by atoms with Crippen LogP contribution in [0.3, 0.4) is 0 Å². The summed E-state index contributed by atoms with van der Waals surface area (Å²) in [6.07, 6.45) is 2.78. The van der Waals surface area contributed by atoms with Crippen molar-refractivity contribution >= 4 is 34.0 Å². The molecule has 8 heteroatoms. The van der Waals surface area contributed by atoms with Gasteiger partial charge in [0, 0.05) is 25.1 Å². The van der Waals surface area contributed by atoms with Crippen molar-refractivity contribution in [1.29, 1.82) is 0 Å². The predicted octanol–water partition coefficient (Wildman–Crippen LogP) is 3.05. The molecule has 4 N–H and O–H groups in total. The number of benzene rings is 1. The molecule has 0 radical (unpaired) electrons. The molecule has 0 fully saturated rings. The standard InChI is InChI=1S/C18H24N4O3S/c1-4-15(24)19-8-5-9-20-18-21-10-14(26-18)17(25)22-16-11(2)6-7-13(23)12(16)3/h6-7,10,23H,4-5,8-9H2,1-3H3,(H,19,24)(H,20,21)(H,22,25). The minimum absolute atomic E-state index is 0.0377. The second-order valence-electron chi connectivity index (χ2n) is 5.87. The highest BCUT2D eigenvalue weighted by atomic mass is 32.1. The zero-order valence-electron chi connectivity index (χ0n) is 15.2. The summed E-state index contributed by atoms with van der Waals surface area (Å²) in [5.74, 6) is -0.0778. The molecule has 7 nitrogen and oxygen atoms in total. The molecular weight excluding hydrogens is 352 g/mol. The number of carbonyl (C=O) groups excluding carboxylic acids is 2. The fraction of sp³-hybridized carbons (Fsp3) is 0.389. The number of carbonyl (C=O) groups is 2. The van der Waals surface area contributed by atoms with Crippen molar-refractivity contribution in [3.63, 3.8) is 0 Å². The Morgan fingerprint density at radius 2 is 2.00 bits per heavy atom. The second kappa shape index (κ2) is 9.19. The first-order chi connectivity index (χ1) is 12.4. The number of hydrogen-bond donors (Lipinski definition) is 4. The maximum atomic E-state index is 12.4. The number of phenols is 1. The van der Waals surface area contributed by atoms with E-state index in [9.17, 15) is 14.7 Å². The van der Waals surface area contributed by atoms with Crippen molar-refractivity contribution in [2.24, 2.45) is 0 Å². The Hall–Kier alpha value is -2.61. The molecule has 1 heterocycles. The SMILES string of the molecule is CCC(=O)NCCCNc1ncc(C(=O)Nc2c(C)ccc(O)c2C)s1. The summed E-state index contributed by atoms with van der Waals surface area (Å²) in [4.78, 5) is 28.3. The largest absolute Gasteiger partial charge is 0.508 e. The molecule has 2 rings (SSSR count). The maximum Gasteiger partial charge on any atom is 0.267 e. The number of anilines is 2. The van der Waals surface area contributed by atoms with E-state index in [0.717, 1.165) is 12.0 Å². The Labute approximate surface area is 156 Å². The molecule has 0 saturated carbocycles. The van der Waals surface area contributed by atoms with E-state index in [0.29, 0.717) is 40.8 Å². The Balaban J connectivity index is 1.88. The molecule has 0 spiro atoms. The summed E-state index contributed by atoms with van der Waals surface area (Å²) in [6.45, 7) is 6.71. The van der Waals surface area contributed by atoms with Crippen molar-refractivity contribution in [3.8, 4) is 5.75 Å². The Bertz CT molecular complexity index is 789.